The van der Waals surface area contributed by atoms with Crippen molar-refractivity contribution in [3.05, 3.63) is 112 Å². The van der Waals surface area contributed by atoms with E-state index in [1.807, 2.05) is 91.1 Å². The van der Waals surface area contributed by atoms with Gasteiger partial charge in [0.1, 0.15) is 6.04 Å². The first-order chi connectivity index (χ1) is 17.9. The predicted molar refractivity (Wildman–Crippen MR) is 154 cm³/mol. The molecule has 0 saturated heterocycles. The van der Waals surface area contributed by atoms with Gasteiger partial charge < -0.3 is 9.64 Å². The molecule has 1 atom stereocenters. The lowest BCUT2D eigenvalue weighted by atomic mass is 9.97. The minimum atomic E-state index is -0.629. The standard InChI is InChI=1S/C28H24BrN3O3S2/c1-4-35-27(34)23-24(18-9-6-5-7-10-18)30-28-32(25(23)21-11-8-14-36-21)26(33)22(37-28)16-17-12-13-20(31(2)3)19(29)15-17/h5-16,25H,4H2,1-3H3/b22-16-. The van der Waals surface area contributed by atoms with Gasteiger partial charge in [-0.2, -0.15) is 0 Å². The summed E-state index contributed by atoms with van der Waals surface area (Å²) in [6.07, 6.45) is 1.87. The highest BCUT2D eigenvalue weighted by atomic mass is 79.9. The van der Waals surface area contributed by atoms with Gasteiger partial charge in [0, 0.05) is 29.0 Å². The lowest BCUT2D eigenvalue weighted by Crippen LogP contribution is -2.39. The van der Waals surface area contributed by atoms with E-state index in [1.54, 1.807) is 11.5 Å². The lowest BCUT2D eigenvalue weighted by Gasteiger charge is -2.24. The van der Waals surface area contributed by atoms with E-state index >= 15 is 0 Å². The van der Waals surface area contributed by atoms with Crippen LogP contribution in [0.3, 0.4) is 0 Å². The molecular weight excluding hydrogens is 570 g/mol. The molecule has 2 aromatic heterocycles. The summed E-state index contributed by atoms with van der Waals surface area (Å²) in [6, 6.07) is 18.8. The molecule has 0 radical (unpaired) electrons. The molecule has 0 amide bonds. The van der Waals surface area contributed by atoms with E-state index in [0.717, 1.165) is 26.2 Å². The maximum atomic E-state index is 13.8. The van der Waals surface area contributed by atoms with E-state index < -0.39 is 12.0 Å². The van der Waals surface area contributed by atoms with E-state index in [4.69, 9.17) is 9.73 Å². The lowest BCUT2D eigenvalue weighted by molar-refractivity contribution is -0.138. The van der Waals surface area contributed by atoms with E-state index in [1.165, 1.54) is 22.7 Å². The van der Waals surface area contributed by atoms with Crippen molar-refractivity contribution in [2.45, 2.75) is 13.0 Å². The third kappa shape index (κ3) is 4.86. The van der Waals surface area contributed by atoms with Crippen LogP contribution < -0.4 is 19.8 Å². The summed E-state index contributed by atoms with van der Waals surface area (Å²) in [5.74, 6) is -0.471. The van der Waals surface area contributed by atoms with Crippen LogP contribution in [0.1, 0.15) is 29.0 Å². The number of carbonyl (C=O) groups excluding carboxylic acids is 1. The highest BCUT2D eigenvalue weighted by Crippen LogP contribution is 2.36. The van der Waals surface area contributed by atoms with Gasteiger partial charge in [0.25, 0.3) is 5.56 Å². The van der Waals surface area contributed by atoms with Crippen LogP contribution in [0.2, 0.25) is 0 Å². The topological polar surface area (TPSA) is 63.9 Å². The van der Waals surface area contributed by atoms with Crippen LogP contribution >= 0.6 is 38.6 Å². The van der Waals surface area contributed by atoms with Crippen LogP contribution in [0.4, 0.5) is 5.69 Å². The molecule has 9 heteroatoms. The molecule has 3 heterocycles. The number of hydrogen-bond acceptors (Lipinski definition) is 7. The van der Waals surface area contributed by atoms with Crippen LogP contribution in [0, 0.1) is 0 Å². The van der Waals surface area contributed by atoms with E-state index in [0.29, 0.717) is 20.6 Å². The molecule has 188 valence electrons. The average Bonchev–Trinajstić information content (AvgIpc) is 3.52. The fourth-order valence-corrected chi connectivity index (χ4v) is 6.86. The van der Waals surface area contributed by atoms with Crippen LogP contribution in [0.15, 0.2) is 85.9 Å². The molecular formula is C28H24BrN3O3S2. The van der Waals surface area contributed by atoms with Gasteiger partial charge in [0.05, 0.1) is 28.1 Å². The Bertz CT molecular complexity index is 1670. The number of fused-ring (bicyclic) bond motifs is 1. The molecule has 0 saturated carbocycles. The monoisotopic (exact) mass is 593 g/mol. The van der Waals surface area contributed by atoms with Crippen molar-refractivity contribution >= 4 is 62.0 Å². The Kier molecular flexibility index (Phi) is 7.28. The number of thiophene rings is 1. The molecule has 5 rings (SSSR count). The Labute approximate surface area is 230 Å². The number of aromatic nitrogens is 1. The van der Waals surface area contributed by atoms with Gasteiger partial charge in [-0.05, 0) is 58.1 Å². The Hall–Kier alpha value is -3.27. The molecule has 0 spiro atoms. The zero-order valence-corrected chi connectivity index (χ0v) is 23.7. The van der Waals surface area contributed by atoms with E-state index in [2.05, 4.69) is 15.9 Å². The van der Waals surface area contributed by atoms with Crippen LogP contribution in [0.25, 0.3) is 11.8 Å². The summed E-state index contributed by atoms with van der Waals surface area (Å²) in [5.41, 5.74) is 3.44. The number of carbonyl (C=O) groups is 1. The zero-order chi connectivity index (χ0) is 26.1. The maximum Gasteiger partial charge on any atom is 0.338 e. The SMILES string of the molecule is CCOC(=O)C1=C(c2ccccc2)N=c2s/c(=C\c3ccc(N(C)C)c(Br)c3)c(=O)n2C1c1cccs1. The van der Waals surface area contributed by atoms with Gasteiger partial charge in [-0.25, -0.2) is 9.79 Å². The molecule has 2 aromatic carbocycles. The smallest absolute Gasteiger partial charge is 0.338 e. The fourth-order valence-electron chi connectivity index (χ4n) is 4.28. The van der Waals surface area contributed by atoms with Crippen molar-refractivity contribution in [2.75, 3.05) is 25.6 Å². The number of thiazole rings is 1. The highest BCUT2D eigenvalue weighted by Gasteiger charge is 2.35. The van der Waals surface area contributed by atoms with Crippen LogP contribution in [-0.4, -0.2) is 31.2 Å². The fraction of sp³-hybridized carbons (Fsp3) is 0.179. The molecule has 1 aliphatic heterocycles. The van der Waals surface area contributed by atoms with Gasteiger partial charge in [0.15, 0.2) is 4.80 Å². The first-order valence-corrected chi connectivity index (χ1v) is 14.2. The predicted octanol–water partition coefficient (Wildman–Crippen LogP) is 4.83. The van der Waals surface area contributed by atoms with E-state index in [-0.39, 0.29) is 12.2 Å². The summed E-state index contributed by atoms with van der Waals surface area (Å²) in [6.45, 7) is 2.00. The molecule has 4 aromatic rings. The van der Waals surface area contributed by atoms with Crippen molar-refractivity contribution in [3.8, 4) is 0 Å². The normalized spacial score (nSPS) is 15.4. The third-order valence-corrected chi connectivity index (χ3v) is 8.48. The number of rotatable bonds is 6. The van der Waals surface area contributed by atoms with Gasteiger partial charge in [-0.3, -0.25) is 9.36 Å². The number of benzene rings is 2. The Balaban J connectivity index is 1.76. The number of esters is 1. The number of ether oxygens (including phenoxy) is 1. The minimum absolute atomic E-state index is 0.191. The van der Waals surface area contributed by atoms with Gasteiger partial charge in [-0.1, -0.05) is 53.8 Å². The highest BCUT2D eigenvalue weighted by molar-refractivity contribution is 9.10. The number of anilines is 1. The first kappa shape index (κ1) is 25.4. The largest absolute Gasteiger partial charge is 0.463 e. The van der Waals surface area contributed by atoms with Crippen molar-refractivity contribution < 1.29 is 9.53 Å². The molecule has 0 bridgehead atoms. The van der Waals surface area contributed by atoms with Crippen molar-refractivity contribution in [3.63, 3.8) is 0 Å². The first-order valence-electron chi connectivity index (χ1n) is 11.7. The second-order valence-electron chi connectivity index (χ2n) is 8.55. The van der Waals surface area contributed by atoms with E-state index in [9.17, 15) is 9.59 Å². The minimum Gasteiger partial charge on any atom is -0.463 e. The van der Waals surface area contributed by atoms with Crippen LogP contribution in [0.5, 0.6) is 0 Å². The summed E-state index contributed by atoms with van der Waals surface area (Å²) in [5, 5.41) is 1.94. The number of nitrogens with zero attached hydrogens (tertiary/aromatic N) is 3. The number of hydrogen-bond donors (Lipinski definition) is 0. The molecule has 0 N–H and O–H groups in total. The summed E-state index contributed by atoms with van der Waals surface area (Å²) < 4.78 is 8.59. The molecule has 1 aliphatic rings. The maximum absolute atomic E-state index is 13.8. The molecule has 0 fully saturated rings. The molecule has 37 heavy (non-hydrogen) atoms. The van der Waals surface area contributed by atoms with Crippen LogP contribution in [-0.2, 0) is 9.53 Å². The molecule has 0 aliphatic carbocycles. The Morgan fingerprint density at radius 1 is 1.16 bits per heavy atom. The van der Waals surface area contributed by atoms with Crippen molar-refractivity contribution in [1.82, 2.24) is 4.57 Å². The third-order valence-electron chi connectivity index (χ3n) is 5.94. The summed E-state index contributed by atoms with van der Waals surface area (Å²) >= 11 is 6.45. The second kappa shape index (κ2) is 10.6. The van der Waals surface area contributed by atoms with Crippen molar-refractivity contribution in [2.24, 2.45) is 4.99 Å². The zero-order valence-electron chi connectivity index (χ0n) is 20.5. The number of halogens is 1. The summed E-state index contributed by atoms with van der Waals surface area (Å²) in [4.78, 5) is 35.5. The summed E-state index contributed by atoms with van der Waals surface area (Å²) in [7, 11) is 3.96. The average molecular weight is 595 g/mol. The van der Waals surface area contributed by atoms with Gasteiger partial charge >= 0.3 is 5.97 Å². The Morgan fingerprint density at radius 2 is 1.95 bits per heavy atom. The van der Waals surface area contributed by atoms with Crippen molar-refractivity contribution in [1.29, 1.82) is 0 Å². The van der Waals surface area contributed by atoms with Gasteiger partial charge in [-0.15, -0.1) is 11.3 Å². The van der Waals surface area contributed by atoms with Gasteiger partial charge in [0.2, 0.25) is 0 Å². The quantitative estimate of drug-likeness (QED) is 0.301. The Morgan fingerprint density at radius 3 is 2.59 bits per heavy atom. The molecule has 6 nitrogen and oxygen atoms in total. The second-order valence-corrected chi connectivity index (χ2v) is 11.4. The molecule has 1 unspecified atom stereocenters.